The third-order valence-electron chi connectivity index (χ3n) is 4.42. The van der Waals surface area contributed by atoms with Crippen LogP contribution in [0.4, 0.5) is 14.5 Å². The third kappa shape index (κ3) is 4.14. The summed E-state index contributed by atoms with van der Waals surface area (Å²) in [5, 5.41) is 2.89. The van der Waals surface area contributed by atoms with E-state index in [2.05, 4.69) is 5.32 Å². The van der Waals surface area contributed by atoms with E-state index in [0.29, 0.717) is 25.9 Å². The van der Waals surface area contributed by atoms with Gasteiger partial charge < -0.3 is 16.0 Å². The van der Waals surface area contributed by atoms with Gasteiger partial charge in [0, 0.05) is 19.1 Å². The van der Waals surface area contributed by atoms with Gasteiger partial charge in [-0.15, -0.1) is 0 Å². The molecule has 2 atom stereocenters. The molecule has 1 heterocycles. The van der Waals surface area contributed by atoms with Crippen molar-refractivity contribution in [1.82, 2.24) is 5.32 Å². The Morgan fingerprint density at radius 2 is 1.84 bits per heavy atom. The molecule has 0 bridgehead atoms. The van der Waals surface area contributed by atoms with Gasteiger partial charge in [0.25, 0.3) is 0 Å². The highest BCUT2D eigenvalue weighted by molar-refractivity contribution is 5.82. The summed E-state index contributed by atoms with van der Waals surface area (Å²) in [5.41, 5.74) is 6.93. The number of benzene rings is 2. The van der Waals surface area contributed by atoms with Crippen LogP contribution < -0.4 is 16.0 Å². The molecule has 1 saturated heterocycles. The predicted octanol–water partition coefficient (Wildman–Crippen LogP) is 2.23. The molecule has 0 radical (unpaired) electrons. The summed E-state index contributed by atoms with van der Waals surface area (Å²) in [6, 6.07) is 12.5. The minimum Gasteiger partial charge on any atom is -0.365 e. The van der Waals surface area contributed by atoms with Crippen LogP contribution in [0.2, 0.25) is 0 Å². The average Bonchev–Trinajstić information content (AvgIpc) is 3.03. The van der Waals surface area contributed by atoms with E-state index in [1.807, 2.05) is 30.3 Å². The molecule has 2 aromatic carbocycles. The fourth-order valence-electron chi connectivity index (χ4n) is 3.14. The molecule has 0 aromatic heterocycles. The first-order valence-corrected chi connectivity index (χ1v) is 8.33. The molecule has 1 fully saturated rings. The smallest absolute Gasteiger partial charge is 0.237 e. The zero-order valence-electron chi connectivity index (χ0n) is 13.8. The number of nitrogens with two attached hydrogens (primary N) is 1. The van der Waals surface area contributed by atoms with Gasteiger partial charge in [0.2, 0.25) is 5.91 Å². The zero-order valence-corrected chi connectivity index (χ0v) is 13.8. The minimum absolute atomic E-state index is 0.0344. The molecule has 3 rings (SSSR count). The first-order chi connectivity index (χ1) is 12.0. The summed E-state index contributed by atoms with van der Waals surface area (Å²) in [5.74, 6) is -1.43. The van der Waals surface area contributed by atoms with Crippen LogP contribution in [0.15, 0.2) is 48.5 Å². The van der Waals surface area contributed by atoms with Crippen molar-refractivity contribution >= 4 is 11.6 Å². The standard InChI is InChI=1S/C19H21F2N3O/c20-15-7-4-8-16(21)18(15)24-10-9-14(12-24)23-19(25)17(22)11-13-5-2-1-3-6-13/h1-8,14,17H,9-12,22H2,(H,23,25). The topological polar surface area (TPSA) is 58.4 Å². The zero-order chi connectivity index (χ0) is 17.8. The SMILES string of the molecule is NC(Cc1ccccc1)C(=O)NC1CCN(c2c(F)cccc2F)C1. The first kappa shape index (κ1) is 17.4. The number of carbonyl (C=O) groups excluding carboxylic acids is 1. The number of para-hydroxylation sites is 1. The summed E-state index contributed by atoms with van der Waals surface area (Å²) in [4.78, 5) is 13.9. The molecule has 2 unspecified atom stereocenters. The number of hydrogen-bond acceptors (Lipinski definition) is 3. The van der Waals surface area contributed by atoms with Gasteiger partial charge in [-0.25, -0.2) is 8.78 Å². The number of nitrogens with zero attached hydrogens (tertiary/aromatic N) is 1. The van der Waals surface area contributed by atoms with Crippen molar-refractivity contribution in [3.05, 3.63) is 65.7 Å². The molecule has 0 aliphatic carbocycles. The molecule has 0 spiro atoms. The highest BCUT2D eigenvalue weighted by Gasteiger charge is 2.28. The largest absolute Gasteiger partial charge is 0.365 e. The van der Waals surface area contributed by atoms with E-state index >= 15 is 0 Å². The van der Waals surface area contributed by atoms with E-state index < -0.39 is 17.7 Å². The lowest BCUT2D eigenvalue weighted by molar-refractivity contribution is -0.122. The van der Waals surface area contributed by atoms with Gasteiger partial charge in [-0.3, -0.25) is 4.79 Å². The molecule has 25 heavy (non-hydrogen) atoms. The van der Waals surface area contributed by atoms with E-state index in [1.54, 1.807) is 4.90 Å². The van der Waals surface area contributed by atoms with Crippen molar-refractivity contribution in [2.24, 2.45) is 5.73 Å². The van der Waals surface area contributed by atoms with Gasteiger partial charge in [0.1, 0.15) is 17.3 Å². The maximum absolute atomic E-state index is 13.9. The highest BCUT2D eigenvalue weighted by atomic mass is 19.1. The Hall–Kier alpha value is -2.47. The van der Waals surface area contributed by atoms with Crippen LogP contribution in [0, 0.1) is 11.6 Å². The molecule has 4 nitrogen and oxygen atoms in total. The summed E-state index contributed by atoms with van der Waals surface area (Å²) in [6.45, 7) is 0.846. The second-order valence-corrected chi connectivity index (χ2v) is 6.31. The monoisotopic (exact) mass is 345 g/mol. The average molecular weight is 345 g/mol. The van der Waals surface area contributed by atoms with Crippen LogP contribution in [0.5, 0.6) is 0 Å². The first-order valence-electron chi connectivity index (χ1n) is 8.33. The summed E-state index contributed by atoms with van der Waals surface area (Å²) in [6.07, 6.45) is 1.07. The molecular weight excluding hydrogens is 324 g/mol. The molecule has 132 valence electrons. The Balaban J connectivity index is 1.57. The lowest BCUT2D eigenvalue weighted by Gasteiger charge is -2.21. The van der Waals surface area contributed by atoms with Crippen molar-refractivity contribution < 1.29 is 13.6 Å². The molecule has 2 aromatic rings. The van der Waals surface area contributed by atoms with E-state index in [1.165, 1.54) is 18.2 Å². The van der Waals surface area contributed by atoms with Crippen molar-refractivity contribution in [3.63, 3.8) is 0 Å². The second-order valence-electron chi connectivity index (χ2n) is 6.31. The van der Waals surface area contributed by atoms with Crippen molar-refractivity contribution in [2.75, 3.05) is 18.0 Å². The Bertz CT molecular complexity index is 718. The molecule has 6 heteroatoms. The number of halogens is 2. The summed E-state index contributed by atoms with van der Waals surface area (Å²) < 4.78 is 27.7. The van der Waals surface area contributed by atoms with E-state index in [-0.39, 0.29) is 17.6 Å². The van der Waals surface area contributed by atoms with Crippen molar-refractivity contribution in [3.8, 4) is 0 Å². The van der Waals surface area contributed by atoms with E-state index in [9.17, 15) is 13.6 Å². The maximum atomic E-state index is 13.9. The van der Waals surface area contributed by atoms with Crippen LogP contribution in [0.3, 0.4) is 0 Å². The van der Waals surface area contributed by atoms with Gasteiger partial charge in [0.05, 0.1) is 6.04 Å². The normalized spacial score (nSPS) is 18.2. The van der Waals surface area contributed by atoms with Gasteiger partial charge in [-0.1, -0.05) is 36.4 Å². The number of carbonyl (C=O) groups is 1. The summed E-state index contributed by atoms with van der Waals surface area (Å²) in [7, 11) is 0. The Morgan fingerprint density at radius 1 is 1.16 bits per heavy atom. The molecule has 1 amide bonds. The maximum Gasteiger partial charge on any atom is 0.237 e. The number of rotatable bonds is 5. The number of amides is 1. The predicted molar refractivity (Wildman–Crippen MR) is 93.2 cm³/mol. The quantitative estimate of drug-likeness (QED) is 0.874. The van der Waals surface area contributed by atoms with Crippen LogP contribution in [-0.2, 0) is 11.2 Å². The van der Waals surface area contributed by atoms with Gasteiger partial charge >= 0.3 is 0 Å². The van der Waals surface area contributed by atoms with E-state index in [4.69, 9.17) is 5.73 Å². The lowest BCUT2D eigenvalue weighted by Crippen LogP contribution is -2.47. The van der Waals surface area contributed by atoms with Crippen LogP contribution >= 0.6 is 0 Å². The number of anilines is 1. The van der Waals surface area contributed by atoms with Gasteiger partial charge in [0.15, 0.2) is 0 Å². The second kappa shape index (κ2) is 7.61. The third-order valence-corrected chi connectivity index (χ3v) is 4.42. The molecule has 1 aliphatic rings. The molecule has 1 aliphatic heterocycles. The number of hydrogen-bond donors (Lipinski definition) is 2. The Morgan fingerprint density at radius 3 is 2.52 bits per heavy atom. The van der Waals surface area contributed by atoms with Crippen LogP contribution in [0.25, 0.3) is 0 Å². The highest BCUT2D eigenvalue weighted by Crippen LogP contribution is 2.26. The Kier molecular flexibility index (Phi) is 5.28. The molecule has 3 N–H and O–H groups in total. The van der Waals surface area contributed by atoms with Gasteiger partial charge in [-0.2, -0.15) is 0 Å². The van der Waals surface area contributed by atoms with Crippen molar-refractivity contribution in [2.45, 2.75) is 24.9 Å². The Labute approximate surface area is 145 Å². The summed E-state index contributed by atoms with van der Waals surface area (Å²) >= 11 is 0. The van der Waals surface area contributed by atoms with E-state index in [0.717, 1.165) is 5.56 Å². The van der Waals surface area contributed by atoms with Gasteiger partial charge in [-0.05, 0) is 30.5 Å². The fraction of sp³-hybridized carbons (Fsp3) is 0.316. The number of nitrogens with one attached hydrogen (secondary N) is 1. The van der Waals surface area contributed by atoms with Crippen LogP contribution in [-0.4, -0.2) is 31.1 Å². The fourth-order valence-corrected chi connectivity index (χ4v) is 3.14. The van der Waals surface area contributed by atoms with Crippen molar-refractivity contribution in [1.29, 1.82) is 0 Å². The lowest BCUT2D eigenvalue weighted by atomic mass is 10.1. The molecule has 0 saturated carbocycles. The minimum atomic E-state index is -0.651. The van der Waals surface area contributed by atoms with Crippen LogP contribution in [0.1, 0.15) is 12.0 Å². The molecular formula is C19H21F2N3O.